The monoisotopic (exact) mass is 482 g/mol. The van der Waals surface area contributed by atoms with Crippen LogP contribution in [0.1, 0.15) is 23.4 Å². The van der Waals surface area contributed by atoms with Gasteiger partial charge in [-0.25, -0.2) is 4.98 Å². The largest absolute Gasteiger partial charge is 0.484 e. The molecule has 2 aromatic heterocycles. The summed E-state index contributed by atoms with van der Waals surface area (Å²) in [5, 5.41) is 5.97. The van der Waals surface area contributed by atoms with Crippen LogP contribution in [0.5, 0.6) is 5.75 Å². The fourth-order valence-corrected chi connectivity index (χ4v) is 3.71. The number of carbonyl (C=O) groups excluding carboxylic acids is 3. The van der Waals surface area contributed by atoms with Crippen molar-refractivity contribution in [1.29, 1.82) is 0 Å². The zero-order valence-corrected chi connectivity index (χ0v) is 19.0. The Hall–Kier alpha value is -3.85. The van der Waals surface area contributed by atoms with Crippen LogP contribution in [0.25, 0.3) is 0 Å². The molecule has 34 heavy (non-hydrogen) atoms. The molecule has 10 heteroatoms. The third kappa shape index (κ3) is 6.14. The van der Waals surface area contributed by atoms with Crippen LogP contribution in [-0.2, 0) is 9.59 Å². The second kappa shape index (κ2) is 10.8. The number of hydrogen-bond donors (Lipinski definition) is 2. The van der Waals surface area contributed by atoms with Gasteiger partial charge >= 0.3 is 0 Å². The van der Waals surface area contributed by atoms with E-state index in [0.717, 1.165) is 0 Å². The molecule has 9 nitrogen and oxygen atoms in total. The first-order chi connectivity index (χ1) is 16.5. The summed E-state index contributed by atoms with van der Waals surface area (Å²) in [4.78, 5) is 43.2. The van der Waals surface area contributed by atoms with Gasteiger partial charge in [-0.2, -0.15) is 0 Å². The van der Waals surface area contributed by atoms with E-state index in [9.17, 15) is 14.4 Å². The Morgan fingerprint density at radius 3 is 2.79 bits per heavy atom. The van der Waals surface area contributed by atoms with Gasteiger partial charge in [-0.1, -0.05) is 17.7 Å². The number of furan rings is 1. The molecule has 1 fully saturated rings. The number of rotatable bonds is 7. The molecule has 3 amide bonds. The Balaban J connectivity index is 1.28. The van der Waals surface area contributed by atoms with Crippen LogP contribution in [0.2, 0.25) is 5.02 Å². The van der Waals surface area contributed by atoms with Gasteiger partial charge < -0.3 is 24.7 Å². The van der Waals surface area contributed by atoms with Crippen LogP contribution in [0.3, 0.4) is 0 Å². The van der Waals surface area contributed by atoms with E-state index in [1.165, 1.54) is 12.5 Å². The SMILES string of the molecule is O=C(Nc1cccc(OCC(=O)N2CCCC(C(=O)Nc3ccc(Cl)cn3)C2)c1)c1ccco1. The lowest BCUT2D eigenvalue weighted by Crippen LogP contribution is -2.45. The normalized spacial score (nSPS) is 15.4. The number of nitrogens with one attached hydrogen (secondary N) is 2. The van der Waals surface area contributed by atoms with Gasteiger partial charge in [0.05, 0.1) is 17.2 Å². The molecule has 1 aliphatic rings. The third-order valence-corrected chi connectivity index (χ3v) is 5.55. The number of aromatic nitrogens is 1. The maximum absolute atomic E-state index is 12.7. The van der Waals surface area contributed by atoms with Crippen molar-refractivity contribution in [1.82, 2.24) is 9.88 Å². The highest BCUT2D eigenvalue weighted by Gasteiger charge is 2.28. The number of piperidine rings is 1. The lowest BCUT2D eigenvalue weighted by atomic mass is 9.97. The number of halogens is 1. The van der Waals surface area contributed by atoms with Gasteiger partial charge in [0, 0.05) is 31.0 Å². The van der Waals surface area contributed by atoms with Crippen molar-refractivity contribution in [2.24, 2.45) is 5.92 Å². The Labute approximate surface area is 201 Å². The second-order valence-electron chi connectivity index (χ2n) is 7.78. The first-order valence-electron chi connectivity index (χ1n) is 10.8. The molecule has 0 bridgehead atoms. The summed E-state index contributed by atoms with van der Waals surface area (Å²) in [6.07, 6.45) is 4.28. The predicted molar refractivity (Wildman–Crippen MR) is 126 cm³/mol. The smallest absolute Gasteiger partial charge is 0.291 e. The minimum atomic E-state index is -0.385. The van der Waals surface area contributed by atoms with E-state index < -0.39 is 0 Å². The van der Waals surface area contributed by atoms with E-state index in [2.05, 4.69) is 15.6 Å². The molecule has 0 spiro atoms. The van der Waals surface area contributed by atoms with E-state index in [0.29, 0.717) is 48.2 Å². The minimum Gasteiger partial charge on any atom is -0.484 e. The van der Waals surface area contributed by atoms with Crippen LogP contribution in [0.4, 0.5) is 11.5 Å². The van der Waals surface area contributed by atoms with Gasteiger partial charge in [0.25, 0.3) is 11.8 Å². The lowest BCUT2D eigenvalue weighted by molar-refractivity contribution is -0.136. The summed E-state index contributed by atoms with van der Waals surface area (Å²) in [7, 11) is 0. The highest BCUT2D eigenvalue weighted by Crippen LogP contribution is 2.21. The predicted octanol–water partition coefficient (Wildman–Crippen LogP) is 3.84. The van der Waals surface area contributed by atoms with Crippen LogP contribution in [-0.4, -0.2) is 47.3 Å². The van der Waals surface area contributed by atoms with Gasteiger partial charge in [-0.15, -0.1) is 0 Å². The highest BCUT2D eigenvalue weighted by molar-refractivity contribution is 6.30. The lowest BCUT2D eigenvalue weighted by Gasteiger charge is -2.32. The quantitative estimate of drug-likeness (QED) is 0.529. The Bertz CT molecular complexity index is 1150. The first kappa shape index (κ1) is 23.3. The van der Waals surface area contributed by atoms with Crippen LogP contribution in [0.15, 0.2) is 65.4 Å². The maximum atomic E-state index is 12.7. The number of carbonyl (C=O) groups is 3. The third-order valence-electron chi connectivity index (χ3n) is 5.32. The standard InChI is InChI=1S/C24H23ClN4O5/c25-17-8-9-21(26-13-17)28-23(31)16-4-2-10-29(14-16)22(30)15-34-19-6-1-5-18(12-19)27-24(32)20-7-3-11-33-20/h1,3,5-9,11-13,16H,2,4,10,14-15H2,(H,27,32)(H,26,28,31). The molecule has 1 atom stereocenters. The number of hydrogen-bond acceptors (Lipinski definition) is 6. The number of ether oxygens (including phenoxy) is 1. The Kier molecular flexibility index (Phi) is 7.44. The summed E-state index contributed by atoms with van der Waals surface area (Å²) in [5.74, 6) is -0.0803. The zero-order chi connectivity index (χ0) is 23.9. The molecule has 0 aliphatic carbocycles. The average Bonchev–Trinajstić information content (AvgIpc) is 3.40. The van der Waals surface area contributed by atoms with Crippen molar-refractivity contribution in [2.75, 3.05) is 30.3 Å². The fourth-order valence-electron chi connectivity index (χ4n) is 3.60. The second-order valence-corrected chi connectivity index (χ2v) is 8.21. The first-order valence-corrected chi connectivity index (χ1v) is 11.1. The van der Waals surface area contributed by atoms with Crippen molar-refractivity contribution in [3.8, 4) is 5.75 Å². The van der Waals surface area contributed by atoms with Crippen molar-refractivity contribution < 1.29 is 23.5 Å². The Morgan fingerprint density at radius 1 is 1.15 bits per heavy atom. The molecular weight excluding hydrogens is 460 g/mol. The maximum Gasteiger partial charge on any atom is 0.291 e. The summed E-state index contributed by atoms with van der Waals surface area (Å²) >= 11 is 5.82. The molecule has 4 rings (SSSR count). The fraction of sp³-hybridized carbons (Fsp3) is 0.250. The summed E-state index contributed by atoms with van der Waals surface area (Å²) in [6, 6.07) is 13.2. The zero-order valence-electron chi connectivity index (χ0n) is 18.2. The van der Waals surface area contributed by atoms with Crippen LogP contribution >= 0.6 is 11.6 Å². The molecule has 0 saturated carbocycles. The molecule has 1 unspecified atom stereocenters. The van der Waals surface area contributed by atoms with Crippen molar-refractivity contribution in [2.45, 2.75) is 12.8 Å². The van der Waals surface area contributed by atoms with Crippen molar-refractivity contribution >= 4 is 40.8 Å². The number of pyridine rings is 1. The number of nitrogens with zero attached hydrogens (tertiary/aromatic N) is 2. The highest BCUT2D eigenvalue weighted by atomic mass is 35.5. The van der Waals surface area contributed by atoms with Crippen molar-refractivity contribution in [3.05, 3.63) is 71.8 Å². The van der Waals surface area contributed by atoms with Gasteiger partial charge in [0.1, 0.15) is 11.6 Å². The van der Waals surface area contributed by atoms with Gasteiger partial charge in [0.2, 0.25) is 5.91 Å². The van der Waals surface area contributed by atoms with Gasteiger partial charge in [-0.3, -0.25) is 14.4 Å². The van der Waals surface area contributed by atoms with Gasteiger partial charge in [-0.05, 0) is 49.2 Å². The molecule has 0 radical (unpaired) electrons. The molecule has 176 valence electrons. The van der Waals surface area contributed by atoms with E-state index in [1.807, 2.05) is 0 Å². The number of anilines is 2. The van der Waals surface area contributed by atoms with E-state index >= 15 is 0 Å². The molecule has 2 N–H and O–H groups in total. The molecule has 1 aromatic carbocycles. The summed E-state index contributed by atoms with van der Waals surface area (Å²) in [6.45, 7) is 0.688. The average molecular weight is 483 g/mol. The minimum absolute atomic E-state index is 0.178. The summed E-state index contributed by atoms with van der Waals surface area (Å²) in [5.41, 5.74) is 0.511. The number of amides is 3. The number of likely N-dealkylation sites (tertiary alicyclic amines) is 1. The topological polar surface area (TPSA) is 114 Å². The van der Waals surface area contributed by atoms with E-state index in [1.54, 1.807) is 53.4 Å². The molecule has 1 aliphatic heterocycles. The van der Waals surface area contributed by atoms with Gasteiger partial charge in [0.15, 0.2) is 12.4 Å². The molecule has 3 aromatic rings. The van der Waals surface area contributed by atoms with Crippen LogP contribution in [0, 0.1) is 5.92 Å². The summed E-state index contributed by atoms with van der Waals surface area (Å²) < 4.78 is 10.7. The molecule has 3 heterocycles. The van der Waals surface area contributed by atoms with Crippen molar-refractivity contribution in [3.63, 3.8) is 0 Å². The number of benzene rings is 1. The van der Waals surface area contributed by atoms with Crippen LogP contribution < -0.4 is 15.4 Å². The Morgan fingerprint density at radius 2 is 2.03 bits per heavy atom. The van der Waals surface area contributed by atoms with E-state index in [4.69, 9.17) is 20.8 Å². The molecular formula is C24H23ClN4O5. The van der Waals surface area contributed by atoms with E-state index in [-0.39, 0.29) is 36.0 Å². The molecule has 1 saturated heterocycles.